The molecule has 0 spiro atoms. The Hall–Kier alpha value is 0.395. The fourth-order valence-corrected chi connectivity index (χ4v) is 4.59. The van der Waals surface area contributed by atoms with Crippen LogP contribution in [0.25, 0.3) is 0 Å². The summed E-state index contributed by atoms with van der Waals surface area (Å²) in [7, 11) is -14.5. The summed E-state index contributed by atoms with van der Waals surface area (Å²) in [5.74, 6) is 0. The largest absolute Gasteiger partial charge is 0.490 e. The van der Waals surface area contributed by atoms with Crippen molar-refractivity contribution >= 4 is 31.3 Å². The molecule has 124 valence electrons. The van der Waals surface area contributed by atoms with Crippen molar-refractivity contribution in [2.75, 3.05) is 6.61 Å². The van der Waals surface area contributed by atoms with Crippen molar-refractivity contribution in [1.82, 2.24) is 0 Å². The van der Waals surface area contributed by atoms with Gasteiger partial charge in [-0.3, -0.25) is 4.52 Å². The summed E-state index contributed by atoms with van der Waals surface area (Å²) in [4.78, 5) is 34.7. The van der Waals surface area contributed by atoms with Crippen LogP contribution in [0.3, 0.4) is 0 Å². The summed E-state index contributed by atoms with van der Waals surface area (Å²) in [6.07, 6.45) is -1.65. The summed E-state index contributed by atoms with van der Waals surface area (Å²) >= 11 is 0. The summed E-state index contributed by atoms with van der Waals surface area (Å²) in [5.41, 5.74) is 0. The van der Waals surface area contributed by atoms with E-state index in [4.69, 9.17) is 24.3 Å². The Labute approximate surface area is 119 Å². The van der Waals surface area contributed by atoms with E-state index in [0.717, 1.165) is 0 Å². The fourth-order valence-electron chi connectivity index (χ4n) is 1.56. The van der Waals surface area contributed by atoms with Crippen LogP contribution in [0.2, 0.25) is 0 Å². The third-order valence-electron chi connectivity index (χ3n) is 2.23. The molecule has 0 bridgehead atoms. The lowest BCUT2D eigenvalue weighted by Gasteiger charge is -2.19. The summed E-state index contributed by atoms with van der Waals surface area (Å²) in [6, 6.07) is -0.311. The highest BCUT2D eigenvalue weighted by molar-refractivity contribution is 7.66. The zero-order chi connectivity index (χ0) is 16.5. The van der Waals surface area contributed by atoms with Gasteiger partial charge in [0.1, 0.15) is 14.0 Å². The molecular weight excluding hydrogens is 356 g/mol. The minimum Gasteiger partial charge on any atom is -0.390 e. The molecule has 0 radical (unpaired) electrons. The van der Waals surface area contributed by atoms with Gasteiger partial charge in [0.25, 0.3) is 0 Å². The first kappa shape index (κ1) is 19.4. The topological polar surface area (TPSA) is 189 Å². The highest BCUT2D eigenvalue weighted by atomic mass is 31.3. The van der Waals surface area contributed by atoms with Crippen LogP contribution in [0.1, 0.15) is 6.42 Å². The second kappa shape index (κ2) is 6.88. The van der Waals surface area contributed by atoms with Gasteiger partial charge in [-0.15, -0.1) is 0 Å². The number of ether oxygens (including phenoxy) is 1. The lowest BCUT2D eigenvalue weighted by molar-refractivity contribution is -0.00418. The van der Waals surface area contributed by atoms with E-state index in [1.165, 1.54) is 0 Å². The van der Waals surface area contributed by atoms with Gasteiger partial charge < -0.3 is 29.4 Å². The molecule has 0 aromatic carbocycles. The SMILES string of the molecule is BC1CC(O)C(COP(=O)(O)OP(=O)(O)OP(=O)(O)O)O1. The molecule has 1 saturated heterocycles. The highest BCUT2D eigenvalue weighted by Crippen LogP contribution is 2.66. The molecule has 5 N–H and O–H groups in total. The van der Waals surface area contributed by atoms with Gasteiger partial charge >= 0.3 is 23.5 Å². The van der Waals surface area contributed by atoms with Crippen molar-refractivity contribution in [2.24, 2.45) is 0 Å². The first-order chi connectivity index (χ1) is 9.30. The zero-order valence-corrected chi connectivity index (χ0v) is 13.3. The Morgan fingerprint density at radius 3 is 2.10 bits per heavy atom. The predicted octanol–water partition coefficient (Wildman–Crippen LogP) is -1.56. The minimum atomic E-state index is -5.53. The third-order valence-corrected chi connectivity index (χ3v) is 6.03. The highest BCUT2D eigenvalue weighted by Gasteiger charge is 2.42. The molecule has 1 aliphatic heterocycles. The molecule has 0 aromatic rings. The van der Waals surface area contributed by atoms with E-state index in [1.54, 1.807) is 7.85 Å². The first-order valence-electron chi connectivity index (χ1n) is 5.41. The molecular formula is C5H14BO12P3. The van der Waals surface area contributed by atoms with Crippen LogP contribution in [0.5, 0.6) is 0 Å². The van der Waals surface area contributed by atoms with Crippen molar-refractivity contribution in [2.45, 2.75) is 24.6 Å². The third kappa shape index (κ3) is 7.47. The number of phosphoric ester groups is 1. The van der Waals surface area contributed by atoms with Crippen LogP contribution in [0, 0.1) is 0 Å². The number of phosphoric acid groups is 3. The van der Waals surface area contributed by atoms with E-state index in [2.05, 4.69) is 13.1 Å². The molecule has 5 unspecified atom stereocenters. The smallest absolute Gasteiger partial charge is 0.390 e. The van der Waals surface area contributed by atoms with Gasteiger partial charge in [-0.2, -0.15) is 8.62 Å². The van der Waals surface area contributed by atoms with Gasteiger partial charge in [-0.05, 0) is 6.42 Å². The predicted molar refractivity (Wildman–Crippen MR) is 67.6 cm³/mol. The van der Waals surface area contributed by atoms with Gasteiger partial charge in [0.05, 0.1) is 12.7 Å². The Morgan fingerprint density at radius 2 is 1.67 bits per heavy atom. The van der Waals surface area contributed by atoms with Gasteiger partial charge in [-0.25, -0.2) is 13.7 Å². The molecule has 21 heavy (non-hydrogen) atoms. The zero-order valence-electron chi connectivity index (χ0n) is 10.6. The first-order valence-corrected chi connectivity index (χ1v) is 9.94. The Kier molecular flexibility index (Phi) is 6.37. The van der Waals surface area contributed by atoms with Crippen LogP contribution >= 0.6 is 23.5 Å². The molecule has 1 rings (SSSR count). The lowest BCUT2D eigenvalue weighted by Crippen LogP contribution is -2.26. The van der Waals surface area contributed by atoms with Crippen molar-refractivity contribution in [3.8, 4) is 0 Å². The standard InChI is InChI=1S/C5H14BO12P3/c6-5-1-3(7)4(16-5)2-15-20(11,12)18-21(13,14)17-19(8,9)10/h3-5,7H,1-2,6H2,(H,11,12)(H,13,14)(H2,8,9,10). The molecule has 0 aromatic heterocycles. The number of aliphatic hydroxyl groups excluding tert-OH is 1. The van der Waals surface area contributed by atoms with E-state index in [0.29, 0.717) is 0 Å². The Balaban J connectivity index is 2.56. The summed E-state index contributed by atoms with van der Waals surface area (Å²) in [5, 5.41) is 9.49. The second-order valence-corrected chi connectivity index (χ2v) is 8.59. The summed E-state index contributed by atoms with van der Waals surface area (Å²) in [6.45, 7) is -0.644. The van der Waals surface area contributed by atoms with Crippen LogP contribution < -0.4 is 0 Å². The van der Waals surface area contributed by atoms with E-state index in [9.17, 15) is 18.8 Å². The van der Waals surface area contributed by atoms with Crippen LogP contribution in [0.15, 0.2) is 0 Å². The Bertz CT molecular complexity index is 503. The molecule has 12 nitrogen and oxygen atoms in total. The quantitative estimate of drug-likeness (QED) is 0.256. The number of aliphatic hydroxyl groups is 1. The molecule has 0 saturated carbocycles. The average molecular weight is 370 g/mol. The van der Waals surface area contributed by atoms with Crippen molar-refractivity contribution in [1.29, 1.82) is 0 Å². The average Bonchev–Trinajstić information content (AvgIpc) is 2.48. The fraction of sp³-hybridized carbons (Fsp3) is 1.00. The second-order valence-electron chi connectivity index (χ2n) is 4.17. The van der Waals surface area contributed by atoms with Crippen molar-refractivity contribution in [3.63, 3.8) is 0 Å². The van der Waals surface area contributed by atoms with E-state index in [1.807, 2.05) is 0 Å². The van der Waals surface area contributed by atoms with Crippen molar-refractivity contribution in [3.05, 3.63) is 0 Å². The number of rotatable bonds is 7. The molecule has 0 amide bonds. The number of hydrogen-bond acceptors (Lipinski definition) is 8. The van der Waals surface area contributed by atoms with Crippen molar-refractivity contribution < 1.29 is 56.3 Å². The molecule has 1 aliphatic rings. The van der Waals surface area contributed by atoms with Gasteiger partial charge in [0.2, 0.25) is 0 Å². The molecule has 0 aliphatic carbocycles. The maximum absolute atomic E-state index is 11.4. The number of hydrogen-bond donors (Lipinski definition) is 5. The molecule has 16 heteroatoms. The van der Waals surface area contributed by atoms with E-state index < -0.39 is 42.3 Å². The van der Waals surface area contributed by atoms with E-state index in [-0.39, 0.29) is 12.4 Å². The molecule has 5 atom stereocenters. The summed E-state index contributed by atoms with van der Waals surface area (Å²) < 4.78 is 49.3. The Morgan fingerprint density at radius 1 is 1.10 bits per heavy atom. The monoisotopic (exact) mass is 370 g/mol. The van der Waals surface area contributed by atoms with E-state index >= 15 is 0 Å². The normalized spacial score (nSPS) is 32.5. The maximum Gasteiger partial charge on any atom is 0.490 e. The van der Waals surface area contributed by atoms with Crippen LogP contribution in [-0.2, 0) is 31.6 Å². The maximum atomic E-state index is 11.4. The van der Waals surface area contributed by atoms with Crippen LogP contribution in [0.4, 0.5) is 0 Å². The van der Waals surface area contributed by atoms with Gasteiger partial charge in [-0.1, -0.05) is 0 Å². The molecule has 1 fully saturated rings. The van der Waals surface area contributed by atoms with Crippen LogP contribution in [-0.4, -0.2) is 57.3 Å². The van der Waals surface area contributed by atoms with Gasteiger partial charge in [0, 0.05) is 6.00 Å². The minimum absolute atomic E-state index is 0.268. The molecule has 1 heterocycles. The lowest BCUT2D eigenvalue weighted by atomic mass is 9.96. The van der Waals surface area contributed by atoms with Gasteiger partial charge in [0.15, 0.2) is 0 Å².